The van der Waals surface area contributed by atoms with E-state index in [1.54, 1.807) is 17.8 Å². The molecule has 2 aromatic heterocycles. The van der Waals surface area contributed by atoms with Crippen LogP contribution in [0.4, 0.5) is 5.95 Å². The second-order valence-electron chi connectivity index (χ2n) is 10.9. The molecule has 8 heteroatoms. The van der Waals surface area contributed by atoms with E-state index < -0.39 is 0 Å². The number of carbonyl (C=O) groups excluding carboxylic acids is 1. The van der Waals surface area contributed by atoms with Gasteiger partial charge >= 0.3 is 5.69 Å². The van der Waals surface area contributed by atoms with Crippen LogP contribution in [0, 0.1) is 5.41 Å². The summed E-state index contributed by atoms with van der Waals surface area (Å²) in [4.78, 5) is 37.1. The number of aryl methyl sites for hydroxylation is 1. The summed E-state index contributed by atoms with van der Waals surface area (Å²) >= 11 is 0. The lowest BCUT2D eigenvalue weighted by atomic mass is 9.72. The number of hydrogen-bond acceptors (Lipinski definition) is 5. The number of likely N-dealkylation sites (tertiary alicyclic amines) is 1. The Balaban J connectivity index is 1.13. The lowest BCUT2D eigenvalue weighted by molar-refractivity contribution is -0.128. The highest BCUT2D eigenvalue weighted by Crippen LogP contribution is 2.45. The van der Waals surface area contributed by atoms with E-state index in [4.69, 9.17) is 4.98 Å². The largest absolute Gasteiger partial charge is 0.351 e. The van der Waals surface area contributed by atoms with E-state index in [0.717, 1.165) is 56.2 Å². The third-order valence-electron chi connectivity index (χ3n) is 8.52. The number of fused-ring (bicyclic) bond motifs is 1. The maximum atomic E-state index is 12.9. The van der Waals surface area contributed by atoms with Crippen LogP contribution in [-0.4, -0.2) is 42.5 Å². The van der Waals surface area contributed by atoms with E-state index in [-0.39, 0.29) is 29.1 Å². The molecule has 3 heterocycles. The average molecular weight is 475 g/mol. The van der Waals surface area contributed by atoms with Crippen LogP contribution in [0.15, 0.2) is 41.3 Å². The Hall–Kier alpha value is -3.16. The van der Waals surface area contributed by atoms with Crippen molar-refractivity contribution >= 4 is 23.0 Å². The summed E-state index contributed by atoms with van der Waals surface area (Å²) in [6.07, 6.45) is 10.9. The Morgan fingerprint density at radius 2 is 1.80 bits per heavy atom. The van der Waals surface area contributed by atoms with Crippen LogP contribution in [-0.2, 0) is 18.4 Å². The van der Waals surface area contributed by atoms with Gasteiger partial charge in [0.1, 0.15) is 5.52 Å². The van der Waals surface area contributed by atoms with E-state index in [1.807, 2.05) is 27.7 Å². The molecule has 1 aromatic carbocycles. The van der Waals surface area contributed by atoms with Crippen molar-refractivity contribution < 1.29 is 4.79 Å². The third kappa shape index (κ3) is 4.13. The standard InChI is InChI=1S/C27H34N6O2/c1-31-22-16-28-25(30-24(22)33(26(31)35)21-9-5-6-10-21)29-20-11-13-27(14-12-20)15-23(34)32(18-27)17-19-7-3-2-4-8-19/h2-4,7-8,16,20-21H,5-6,9-15,17-18H2,1H3,(H,28,29,30). The van der Waals surface area contributed by atoms with E-state index in [1.165, 1.54) is 18.4 Å². The van der Waals surface area contributed by atoms with Crippen molar-refractivity contribution in [3.63, 3.8) is 0 Å². The zero-order chi connectivity index (χ0) is 24.0. The number of rotatable bonds is 5. The van der Waals surface area contributed by atoms with Crippen LogP contribution in [0.3, 0.4) is 0 Å². The van der Waals surface area contributed by atoms with Gasteiger partial charge in [0.05, 0.1) is 6.20 Å². The minimum absolute atomic E-state index is 0.00363. The van der Waals surface area contributed by atoms with Crippen LogP contribution >= 0.6 is 0 Å². The van der Waals surface area contributed by atoms with Gasteiger partial charge in [-0.3, -0.25) is 13.9 Å². The Kier molecular flexibility index (Phi) is 5.61. The van der Waals surface area contributed by atoms with Crippen LogP contribution in [0.25, 0.3) is 11.2 Å². The van der Waals surface area contributed by atoms with Gasteiger partial charge in [0.15, 0.2) is 5.65 Å². The molecule has 3 aliphatic rings. The summed E-state index contributed by atoms with van der Waals surface area (Å²) in [6, 6.07) is 10.8. The smallest absolute Gasteiger partial charge is 0.330 e. The molecule has 0 unspecified atom stereocenters. The first-order valence-corrected chi connectivity index (χ1v) is 13.0. The average Bonchev–Trinajstić information content (AvgIpc) is 3.55. The summed E-state index contributed by atoms with van der Waals surface area (Å²) in [5.41, 5.74) is 2.82. The van der Waals surface area contributed by atoms with E-state index in [0.29, 0.717) is 18.9 Å². The number of nitrogens with zero attached hydrogens (tertiary/aromatic N) is 5. The number of carbonyl (C=O) groups is 1. The summed E-state index contributed by atoms with van der Waals surface area (Å²) in [5.74, 6) is 0.881. The van der Waals surface area contributed by atoms with Gasteiger partial charge < -0.3 is 10.2 Å². The maximum Gasteiger partial charge on any atom is 0.330 e. The highest BCUT2D eigenvalue weighted by molar-refractivity contribution is 5.79. The van der Waals surface area contributed by atoms with Crippen molar-refractivity contribution in [3.05, 3.63) is 52.6 Å². The van der Waals surface area contributed by atoms with Gasteiger partial charge in [-0.05, 0) is 49.5 Å². The molecule has 3 fully saturated rings. The first-order valence-electron chi connectivity index (χ1n) is 13.0. The molecule has 1 N–H and O–H groups in total. The molecule has 0 bridgehead atoms. The molecule has 1 amide bonds. The van der Waals surface area contributed by atoms with Crippen LogP contribution in [0.5, 0.6) is 0 Å². The number of benzene rings is 1. The maximum absolute atomic E-state index is 12.9. The molecule has 2 saturated carbocycles. The Bertz CT molecular complexity index is 1280. The molecule has 184 valence electrons. The topological polar surface area (TPSA) is 85.0 Å². The zero-order valence-corrected chi connectivity index (χ0v) is 20.4. The molecular weight excluding hydrogens is 440 g/mol. The SMILES string of the molecule is Cn1c(=O)n(C2CCCC2)c2nc(NC3CCC4(CC3)CC(=O)N(Cc3ccccc3)C4)ncc21. The number of hydrogen-bond donors (Lipinski definition) is 1. The predicted octanol–water partition coefficient (Wildman–Crippen LogP) is 4.02. The molecule has 0 radical (unpaired) electrons. The lowest BCUT2D eigenvalue weighted by Gasteiger charge is -2.37. The molecule has 1 spiro atoms. The second-order valence-corrected chi connectivity index (χ2v) is 10.9. The van der Waals surface area contributed by atoms with E-state index in [9.17, 15) is 9.59 Å². The molecule has 3 aromatic rings. The summed E-state index contributed by atoms with van der Waals surface area (Å²) in [5, 5.41) is 3.54. The first kappa shape index (κ1) is 22.3. The Labute approximate surface area is 205 Å². The zero-order valence-electron chi connectivity index (χ0n) is 20.4. The minimum atomic E-state index is 0.00363. The third-order valence-corrected chi connectivity index (χ3v) is 8.52. The van der Waals surface area contributed by atoms with Gasteiger partial charge in [0.2, 0.25) is 11.9 Å². The molecule has 1 aliphatic heterocycles. The van der Waals surface area contributed by atoms with Crippen molar-refractivity contribution in [1.82, 2.24) is 24.0 Å². The van der Waals surface area contributed by atoms with Crippen LogP contribution in [0.1, 0.15) is 69.4 Å². The Morgan fingerprint density at radius 3 is 2.54 bits per heavy atom. The second kappa shape index (κ2) is 8.81. The number of aromatic nitrogens is 4. The molecule has 0 atom stereocenters. The molecule has 2 aliphatic carbocycles. The number of anilines is 1. The predicted molar refractivity (Wildman–Crippen MR) is 135 cm³/mol. The summed E-state index contributed by atoms with van der Waals surface area (Å²) in [7, 11) is 1.80. The van der Waals surface area contributed by atoms with Gasteiger partial charge in [-0.15, -0.1) is 0 Å². The fourth-order valence-electron chi connectivity index (χ4n) is 6.52. The number of nitrogens with one attached hydrogen (secondary N) is 1. The fourth-order valence-corrected chi connectivity index (χ4v) is 6.52. The van der Waals surface area contributed by atoms with Gasteiger partial charge in [-0.2, -0.15) is 4.98 Å². The van der Waals surface area contributed by atoms with Gasteiger partial charge in [0.25, 0.3) is 0 Å². The highest BCUT2D eigenvalue weighted by Gasteiger charge is 2.45. The monoisotopic (exact) mass is 474 g/mol. The van der Waals surface area contributed by atoms with Crippen LogP contribution < -0.4 is 11.0 Å². The summed E-state index contributed by atoms with van der Waals surface area (Å²) < 4.78 is 3.55. The number of imidazole rings is 1. The van der Waals surface area contributed by atoms with E-state index in [2.05, 4.69) is 22.4 Å². The first-order chi connectivity index (χ1) is 17.0. The van der Waals surface area contributed by atoms with Gasteiger partial charge in [0, 0.05) is 38.6 Å². The number of amides is 1. The van der Waals surface area contributed by atoms with E-state index >= 15 is 0 Å². The lowest BCUT2D eigenvalue weighted by Crippen LogP contribution is -2.36. The quantitative estimate of drug-likeness (QED) is 0.604. The highest BCUT2D eigenvalue weighted by atomic mass is 16.2. The molecule has 6 rings (SSSR count). The van der Waals surface area contributed by atoms with Crippen molar-refractivity contribution in [2.75, 3.05) is 11.9 Å². The van der Waals surface area contributed by atoms with Crippen molar-refractivity contribution in [1.29, 1.82) is 0 Å². The van der Waals surface area contributed by atoms with Crippen molar-refractivity contribution in [2.45, 2.75) is 76.4 Å². The summed E-state index contributed by atoms with van der Waals surface area (Å²) in [6.45, 7) is 1.56. The molecule has 1 saturated heterocycles. The van der Waals surface area contributed by atoms with Crippen molar-refractivity contribution in [3.8, 4) is 0 Å². The van der Waals surface area contributed by atoms with Crippen molar-refractivity contribution in [2.24, 2.45) is 12.5 Å². The van der Waals surface area contributed by atoms with Gasteiger partial charge in [-0.1, -0.05) is 43.2 Å². The molecular formula is C27H34N6O2. The normalized spacial score (nSPS) is 25.2. The molecule has 35 heavy (non-hydrogen) atoms. The minimum Gasteiger partial charge on any atom is -0.351 e. The van der Waals surface area contributed by atoms with Crippen LogP contribution in [0.2, 0.25) is 0 Å². The Morgan fingerprint density at radius 1 is 1.06 bits per heavy atom. The fraction of sp³-hybridized carbons (Fsp3) is 0.556. The van der Waals surface area contributed by atoms with Gasteiger partial charge in [-0.25, -0.2) is 9.78 Å². The molecule has 8 nitrogen and oxygen atoms in total.